The maximum atomic E-state index is 12.4. The fraction of sp³-hybridized carbons (Fsp3) is 0.462. The van der Waals surface area contributed by atoms with Crippen LogP contribution in [0.5, 0.6) is 0 Å². The Morgan fingerprint density at radius 2 is 2.22 bits per heavy atom. The highest BCUT2D eigenvalue weighted by Crippen LogP contribution is 2.27. The number of aliphatic hydroxyl groups is 1. The first-order chi connectivity index (χ1) is 8.54. The number of carbonyl (C=O) groups is 1. The summed E-state index contributed by atoms with van der Waals surface area (Å²) in [6.07, 6.45) is 0.909. The van der Waals surface area contributed by atoms with Crippen molar-refractivity contribution >= 4 is 17.3 Å². The Bertz CT molecular complexity index is 462. The molecular formula is C13H19N3O2. The number of rotatable bonds is 2. The Balaban J connectivity index is 2.26. The van der Waals surface area contributed by atoms with E-state index in [1.807, 2.05) is 6.92 Å². The molecule has 2 unspecified atom stereocenters. The molecule has 0 aromatic heterocycles. The van der Waals surface area contributed by atoms with Crippen molar-refractivity contribution in [2.45, 2.75) is 19.4 Å². The van der Waals surface area contributed by atoms with E-state index >= 15 is 0 Å². The van der Waals surface area contributed by atoms with Crippen LogP contribution in [0.4, 0.5) is 11.4 Å². The van der Waals surface area contributed by atoms with Gasteiger partial charge < -0.3 is 21.5 Å². The normalized spacial score (nSPS) is 23.3. The van der Waals surface area contributed by atoms with E-state index in [4.69, 9.17) is 11.5 Å². The molecule has 1 fully saturated rings. The molecule has 2 atom stereocenters. The first kappa shape index (κ1) is 12.7. The highest BCUT2D eigenvalue weighted by molar-refractivity contribution is 6.00. The number of hydrogen-bond donors (Lipinski definition) is 3. The van der Waals surface area contributed by atoms with Crippen LogP contribution in [0.2, 0.25) is 0 Å². The molecule has 98 valence electrons. The molecule has 1 heterocycles. The van der Waals surface area contributed by atoms with E-state index < -0.39 is 0 Å². The number of benzene rings is 1. The van der Waals surface area contributed by atoms with Crippen molar-refractivity contribution < 1.29 is 9.90 Å². The fourth-order valence-electron chi connectivity index (χ4n) is 2.47. The number of nitrogens with two attached hydrogens (primary N) is 2. The Morgan fingerprint density at radius 3 is 2.83 bits per heavy atom. The van der Waals surface area contributed by atoms with E-state index in [-0.39, 0.29) is 18.6 Å². The summed E-state index contributed by atoms with van der Waals surface area (Å²) < 4.78 is 0. The van der Waals surface area contributed by atoms with Gasteiger partial charge in [0.25, 0.3) is 5.91 Å². The number of likely N-dealkylation sites (tertiary alicyclic amines) is 1. The van der Waals surface area contributed by atoms with Crippen molar-refractivity contribution in [1.82, 2.24) is 4.90 Å². The second-order valence-electron chi connectivity index (χ2n) is 4.86. The summed E-state index contributed by atoms with van der Waals surface area (Å²) >= 11 is 0. The van der Waals surface area contributed by atoms with Crippen LogP contribution in [0.15, 0.2) is 18.2 Å². The number of anilines is 2. The van der Waals surface area contributed by atoms with Gasteiger partial charge in [-0.2, -0.15) is 0 Å². The highest BCUT2D eigenvalue weighted by atomic mass is 16.3. The van der Waals surface area contributed by atoms with Crippen LogP contribution < -0.4 is 11.5 Å². The third kappa shape index (κ3) is 2.13. The van der Waals surface area contributed by atoms with Gasteiger partial charge in [-0.25, -0.2) is 0 Å². The first-order valence-electron chi connectivity index (χ1n) is 6.11. The molecule has 0 saturated carbocycles. The topological polar surface area (TPSA) is 92.6 Å². The maximum absolute atomic E-state index is 12.4. The van der Waals surface area contributed by atoms with Gasteiger partial charge in [-0.1, -0.05) is 6.92 Å². The average Bonchev–Trinajstić information content (AvgIpc) is 2.69. The van der Waals surface area contributed by atoms with Gasteiger partial charge in [0, 0.05) is 17.9 Å². The molecule has 0 spiro atoms. The van der Waals surface area contributed by atoms with Gasteiger partial charge in [0.05, 0.1) is 18.2 Å². The van der Waals surface area contributed by atoms with Crippen LogP contribution in [-0.2, 0) is 0 Å². The Labute approximate surface area is 106 Å². The lowest BCUT2D eigenvalue weighted by molar-refractivity contribution is 0.0649. The molecule has 0 aliphatic carbocycles. The molecule has 1 amide bonds. The zero-order valence-electron chi connectivity index (χ0n) is 10.5. The largest absolute Gasteiger partial charge is 0.399 e. The number of nitrogen functional groups attached to an aromatic ring is 2. The lowest BCUT2D eigenvalue weighted by Crippen LogP contribution is -2.40. The maximum Gasteiger partial charge on any atom is 0.256 e. The molecule has 1 aromatic rings. The van der Waals surface area contributed by atoms with Crippen LogP contribution >= 0.6 is 0 Å². The van der Waals surface area contributed by atoms with Crippen LogP contribution in [0, 0.1) is 5.92 Å². The smallest absolute Gasteiger partial charge is 0.256 e. The SMILES string of the molecule is CC1CCN(C(=O)c2ccc(N)cc2N)C1CO. The third-order valence-electron chi connectivity index (χ3n) is 3.64. The number of hydrogen-bond acceptors (Lipinski definition) is 4. The molecular weight excluding hydrogens is 230 g/mol. The zero-order chi connectivity index (χ0) is 13.3. The Hall–Kier alpha value is -1.75. The van der Waals surface area contributed by atoms with Gasteiger partial charge in [-0.3, -0.25) is 4.79 Å². The summed E-state index contributed by atoms with van der Waals surface area (Å²) in [5.74, 6) is 0.185. The van der Waals surface area contributed by atoms with Crippen molar-refractivity contribution in [2.75, 3.05) is 24.6 Å². The zero-order valence-corrected chi connectivity index (χ0v) is 10.5. The Kier molecular flexibility index (Phi) is 3.43. The molecule has 5 N–H and O–H groups in total. The van der Waals surface area contributed by atoms with Crippen molar-refractivity contribution in [3.8, 4) is 0 Å². The molecule has 5 heteroatoms. The van der Waals surface area contributed by atoms with E-state index in [9.17, 15) is 9.90 Å². The van der Waals surface area contributed by atoms with Gasteiger partial charge in [0.15, 0.2) is 0 Å². The summed E-state index contributed by atoms with van der Waals surface area (Å²) in [5.41, 5.74) is 12.8. The summed E-state index contributed by atoms with van der Waals surface area (Å²) in [5, 5.41) is 9.37. The number of nitrogens with zero attached hydrogens (tertiary/aromatic N) is 1. The lowest BCUT2D eigenvalue weighted by atomic mass is 10.0. The van der Waals surface area contributed by atoms with Crippen LogP contribution in [-0.4, -0.2) is 35.1 Å². The van der Waals surface area contributed by atoms with Crippen molar-refractivity contribution in [3.63, 3.8) is 0 Å². The number of aliphatic hydroxyl groups excluding tert-OH is 1. The summed E-state index contributed by atoms with van der Waals surface area (Å²) in [6, 6.07) is 4.77. The minimum Gasteiger partial charge on any atom is -0.399 e. The van der Waals surface area contributed by atoms with E-state index in [0.717, 1.165) is 6.42 Å². The molecule has 0 bridgehead atoms. The predicted octanol–water partition coefficient (Wildman–Crippen LogP) is 0.694. The number of amides is 1. The van der Waals surface area contributed by atoms with E-state index in [1.165, 1.54) is 0 Å². The molecule has 2 rings (SSSR count). The van der Waals surface area contributed by atoms with Crippen LogP contribution in [0.1, 0.15) is 23.7 Å². The molecule has 1 aliphatic heterocycles. The first-order valence-corrected chi connectivity index (χ1v) is 6.11. The molecule has 1 aromatic carbocycles. The lowest BCUT2D eigenvalue weighted by Gasteiger charge is -2.25. The number of carbonyl (C=O) groups excluding carboxylic acids is 1. The second kappa shape index (κ2) is 4.86. The predicted molar refractivity (Wildman–Crippen MR) is 71.0 cm³/mol. The van der Waals surface area contributed by atoms with Gasteiger partial charge in [0.2, 0.25) is 0 Å². The Morgan fingerprint density at radius 1 is 1.50 bits per heavy atom. The highest BCUT2D eigenvalue weighted by Gasteiger charge is 2.34. The monoisotopic (exact) mass is 249 g/mol. The summed E-state index contributed by atoms with van der Waals surface area (Å²) in [7, 11) is 0. The third-order valence-corrected chi connectivity index (χ3v) is 3.64. The van der Waals surface area contributed by atoms with E-state index in [2.05, 4.69) is 0 Å². The molecule has 0 radical (unpaired) electrons. The van der Waals surface area contributed by atoms with Gasteiger partial charge in [0.1, 0.15) is 0 Å². The van der Waals surface area contributed by atoms with Crippen molar-refractivity contribution in [3.05, 3.63) is 23.8 Å². The van der Waals surface area contributed by atoms with Crippen molar-refractivity contribution in [2.24, 2.45) is 5.92 Å². The minimum atomic E-state index is -0.129. The molecule has 18 heavy (non-hydrogen) atoms. The molecule has 1 aliphatic rings. The van der Waals surface area contributed by atoms with Gasteiger partial charge in [-0.15, -0.1) is 0 Å². The molecule has 5 nitrogen and oxygen atoms in total. The second-order valence-corrected chi connectivity index (χ2v) is 4.86. The van der Waals surface area contributed by atoms with Gasteiger partial charge in [-0.05, 0) is 30.5 Å². The van der Waals surface area contributed by atoms with E-state index in [1.54, 1.807) is 23.1 Å². The summed E-state index contributed by atoms with van der Waals surface area (Å²) in [6.45, 7) is 2.69. The van der Waals surface area contributed by atoms with Gasteiger partial charge >= 0.3 is 0 Å². The van der Waals surface area contributed by atoms with Crippen molar-refractivity contribution in [1.29, 1.82) is 0 Å². The van der Waals surface area contributed by atoms with E-state index in [0.29, 0.717) is 29.4 Å². The van der Waals surface area contributed by atoms with Crippen LogP contribution in [0.25, 0.3) is 0 Å². The fourth-order valence-corrected chi connectivity index (χ4v) is 2.47. The van der Waals surface area contributed by atoms with Crippen LogP contribution in [0.3, 0.4) is 0 Å². The molecule has 1 saturated heterocycles. The minimum absolute atomic E-state index is 0.0121. The standard InChI is InChI=1S/C13H19N3O2/c1-8-4-5-16(12(8)7-17)13(18)10-3-2-9(14)6-11(10)15/h2-3,6,8,12,17H,4-5,7,14-15H2,1H3. The quantitative estimate of drug-likeness (QED) is 0.672. The average molecular weight is 249 g/mol. The summed E-state index contributed by atoms with van der Waals surface area (Å²) in [4.78, 5) is 14.1.